The quantitative estimate of drug-likeness (QED) is 0.258. The first-order chi connectivity index (χ1) is 19.7. The molecule has 6 unspecified atom stereocenters. The van der Waals surface area contributed by atoms with Crippen molar-refractivity contribution >= 4 is 9.84 Å². The van der Waals surface area contributed by atoms with Crippen LogP contribution in [0, 0.1) is 11.8 Å². The molecule has 2 aromatic rings. The van der Waals surface area contributed by atoms with E-state index in [1.807, 2.05) is 0 Å². The van der Waals surface area contributed by atoms with E-state index in [4.69, 9.17) is 9.47 Å². The summed E-state index contributed by atoms with van der Waals surface area (Å²) >= 11 is 0. The molecule has 0 spiro atoms. The molecule has 0 aromatic heterocycles. The molecule has 0 aliphatic heterocycles. The van der Waals surface area contributed by atoms with Crippen LogP contribution < -0.4 is 20.1 Å². The van der Waals surface area contributed by atoms with E-state index in [1.165, 1.54) is 62.8 Å². The van der Waals surface area contributed by atoms with Crippen LogP contribution in [0.25, 0.3) is 0 Å². The predicted octanol–water partition coefficient (Wildman–Crippen LogP) is 4.34. The zero-order valence-electron chi connectivity index (χ0n) is 24.5. The minimum atomic E-state index is -3.72. The van der Waals surface area contributed by atoms with Gasteiger partial charge in [-0.1, -0.05) is 39.5 Å². The van der Waals surface area contributed by atoms with Crippen LogP contribution in [0.1, 0.15) is 65.2 Å². The van der Waals surface area contributed by atoms with Crippen molar-refractivity contribution in [2.75, 3.05) is 26.3 Å². The molecule has 4 N–H and O–H groups in total. The fourth-order valence-corrected chi connectivity index (χ4v) is 7.14. The van der Waals surface area contributed by atoms with Gasteiger partial charge in [0.25, 0.3) is 0 Å². The SMILES string of the molecule is CC1CCCCC1NCC(O)COc1ccc(S(=O)(=O)c2ccc(OCC(O)CNC3CCCCC3C)cc2)cc1. The molecule has 2 aliphatic carbocycles. The highest BCUT2D eigenvalue weighted by Gasteiger charge is 2.23. The van der Waals surface area contributed by atoms with Crippen molar-refractivity contribution in [2.45, 2.75) is 99.3 Å². The molecule has 0 radical (unpaired) electrons. The fourth-order valence-electron chi connectivity index (χ4n) is 5.88. The molecule has 41 heavy (non-hydrogen) atoms. The van der Waals surface area contributed by atoms with Crippen LogP contribution in [0.15, 0.2) is 58.3 Å². The molecule has 228 valence electrons. The number of benzene rings is 2. The lowest BCUT2D eigenvalue weighted by Gasteiger charge is -2.30. The van der Waals surface area contributed by atoms with Gasteiger partial charge in [0.1, 0.15) is 36.9 Å². The Morgan fingerprint density at radius 3 is 1.41 bits per heavy atom. The smallest absolute Gasteiger partial charge is 0.206 e. The molecule has 0 saturated heterocycles. The first-order valence-electron chi connectivity index (χ1n) is 15.3. The van der Waals surface area contributed by atoms with Gasteiger partial charge in [-0.25, -0.2) is 8.42 Å². The van der Waals surface area contributed by atoms with Crippen molar-refractivity contribution in [3.8, 4) is 11.5 Å². The lowest BCUT2D eigenvalue weighted by Crippen LogP contribution is -2.42. The third-order valence-electron chi connectivity index (χ3n) is 8.61. The largest absolute Gasteiger partial charge is 0.491 e. The number of sulfone groups is 1. The van der Waals surface area contributed by atoms with Crippen LogP contribution in [0.4, 0.5) is 0 Å². The van der Waals surface area contributed by atoms with E-state index in [9.17, 15) is 18.6 Å². The van der Waals surface area contributed by atoms with Gasteiger partial charge >= 0.3 is 0 Å². The summed E-state index contributed by atoms with van der Waals surface area (Å²) < 4.78 is 37.7. The van der Waals surface area contributed by atoms with Crippen LogP contribution in [-0.2, 0) is 9.84 Å². The van der Waals surface area contributed by atoms with Crippen molar-refractivity contribution in [1.29, 1.82) is 0 Å². The van der Waals surface area contributed by atoms with Gasteiger partial charge in [-0.2, -0.15) is 0 Å². The molecule has 8 nitrogen and oxygen atoms in total. The van der Waals surface area contributed by atoms with E-state index < -0.39 is 22.0 Å². The van der Waals surface area contributed by atoms with Gasteiger partial charge in [-0.3, -0.25) is 0 Å². The minimum absolute atomic E-state index is 0.131. The molecular weight excluding hydrogens is 540 g/mol. The first kappa shape index (κ1) is 31.8. The third kappa shape index (κ3) is 9.41. The average Bonchev–Trinajstić information content (AvgIpc) is 2.98. The maximum absolute atomic E-state index is 13.1. The van der Waals surface area contributed by atoms with E-state index in [2.05, 4.69) is 24.5 Å². The molecule has 0 amide bonds. The average molecular weight is 589 g/mol. The Labute approximate surface area is 245 Å². The number of hydrogen-bond donors (Lipinski definition) is 4. The van der Waals surface area contributed by atoms with Crippen molar-refractivity contribution in [1.82, 2.24) is 10.6 Å². The summed E-state index contributed by atoms with van der Waals surface area (Å²) in [4.78, 5) is 0.316. The Hall–Kier alpha value is -2.17. The number of aliphatic hydroxyl groups is 2. The third-order valence-corrected chi connectivity index (χ3v) is 10.4. The van der Waals surface area contributed by atoms with Crippen molar-refractivity contribution in [3.63, 3.8) is 0 Å². The standard InChI is InChI=1S/C32H48N2O6S/c1-23-7-3-5-9-31(23)33-19-25(35)21-39-27-11-15-29(16-12-27)41(37,38)30-17-13-28(14-18-30)40-22-26(36)20-34-32-10-6-4-8-24(32)2/h11-18,23-26,31-36H,3-10,19-22H2,1-2H3. The molecule has 2 aliphatic rings. The monoisotopic (exact) mass is 588 g/mol. The number of nitrogens with one attached hydrogen (secondary N) is 2. The molecule has 4 rings (SSSR count). The van der Waals surface area contributed by atoms with Crippen LogP contribution in [0.3, 0.4) is 0 Å². The molecule has 2 fully saturated rings. The normalized spacial score (nSPS) is 24.9. The Morgan fingerprint density at radius 1 is 0.683 bits per heavy atom. The summed E-state index contributed by atoms with van der Waals surface area (Å²) in [6.07, 6.45) is 8.43. The Kier molecular flexibility index (Phi) is 11.9. The summed E-state index contributed by atoms with van der Waals surface area (Å²) in [6, 6.07) is 13.4. The topological polar surface area (TPSA) is 117 Å². The number of aliphatic hydroxyl groups excluding tert-OH is 2. The predicted molar refractivity (Wildman–Crippen MR) is 160 cm³/mol. The Bertz CT molecular complexity index is 1070. The van der Waals surface area contributed by atoms with Crippen molar-refractivity contribution in [2.24, 2.45) is 11.8 Å². The molecule has 2 saturated carbocycles. The zero-order chi connectivity index (χ0) is 29.2. The van der Waals surface area contributed by atoms with Gasteiger partial charge < -0.3 is 30.3 Å². The van der Waals surface area contributed by atoms with Gasteiger partial charge in [0.2, 0.25) is 9.84 Å². The molecule has 6 atom stereocenters. The Balaban J connectivity index is 1.21. The van der Waals surface area contributed by atoms with E-state index in [0.29, 0.717) is 48.5 Å². The van der Waals surface area contributed by atoms with Gasteiger partial charge in [0.05, 0.1) is 9.79 Å². The summed E-state index contributed by atoms with van der Waals surface area (Å²) in [5, 5.41) is 27.6. The molecular formula is C32H48N2O6S. The van der Waals surface area contributed by atoms with E-state index in [-0.39, 0.29) is 23.0 Å². The van der Waals surface area contributed by atoms with E-state index in [1.54, 1.807) is 24.3 Å². The maximum atomic E-state index is 13.1. The van der Waals surface area contributed by atoms with Gasteiger partial charge in [-0.15, -0.1) is 0 Å². The van der Waals surface area contributed by atoms with Crippen LogP contribution in [0.5, 0.6) is 11.5 Å². The second-order valence-corrected chi connectivity index (χ2v) is 13.9. The molecule has 2 aromatic carbocycles. The van der Waals surface area contributed by atoms with Crippen molar-refractivity contribution in [3.05, 3.63) is 48.5 Å². The lowest BCUT2D eigenvalue weighted by atomic mass is 9.86. The Morgan fingerprint density at radius 2 is 1.05 bits per heavy atom. The van der Waals surface area contributed by atoms with E-state index in [0.717, 1.165) is 12.8 Å². The first-order valence-corrected chi connectivity index (χ1v) is 16.7. The van der Waals surface area contributed by atoms with Crippen LogP contribution in [-0.4, -0.2) is 69.2 Å². The second-order valence-electron chi connectivity index (χ2n) is 11.9. The molecule has 0 heterocycles. The summed E-state index contributed by atoms with van der Waals surface area (Å²) in [5.41, 5.74) is 0. The highest BCUT2D eigenvalue weighted by Crippen LogP contribution is 2.26. The minimum Gasteiger partial charge on any atom is -0.491 e. The van der Waals surface area contributed by atoms with Gasteiger partial charge in [0, 0.05) is 25.2 Å². The number of rotatable bonds is 14. The summed E-state index contributed by atoms with van der Waals surface area (Å²) in [7, 11) is -3.72. The molecule has 0 bridgehead atoms. The number of ether oxygens (including phenoxy) is 2. The van der Waals surface area contributed by atoms with Crippen LogP contribution in [0.2, 0.25) is 0 Å². The van der Waals surface area contributed by atoms with Crippen molar-refractivity contribution < 1.29 is 28.1 Å². The number of hydrogen-bond acceptors (Lipinski definition) is 8. The summed E-state index contributed by atoms with van der Waals surface area (Å²) in [5.74, 6) is 2.24. The highest BCUT2D eigenvalue weighted by atomic mass is 32.2. The van der Waals surface area contributed by atoms with E-state index >= 15 is 0 Å². The zero-order valence-corrected chi connectivity index (χ0v) is 25.3. The highest BCUT2D eigenvalue weighted by molar-refractivity contribution is 7.91. The molecule has 9 heteroatoms. The fraction of sp³-hybridized carbons (Fsp3) is 0.625. The van der Waals surface area contributed by atoms with Gasteiger partial charge in [0.15, 0.2) is 0 Å². The van der Waals surface area contributed by atoms with Crippen LogP contribution >= 0.6 is 0 Å². The summed E-state index contributed by atoms with van der Waals surface area (Å²) in [6.45, 7) is 5.70. The second kappa shape index (κ2) is 15.3. The lowest BCUT2D eigenvalue weighted by molar-refractivity contribution is 0.0984. The maximum Gasteiger partial charge on any atom is 0.206 e. The van der Waals surface area contributed by atoms with Gasteiger partial charge in [-0.05, 0) is 86.1 Å².